The number of amides is 1. The molecule has 8 heteroatoms. The number of hydrogen-bond donors (Lipinski definition) is 1. The van der Waals surface area contributed by atoms with Gasteiger partial charge in [0.15, 0.2) is 0 Å². The fourth-order valence-electron chi connectivity index (χ4n) is 3.25. The first-order valence-corrected chi connectivity index (χ1v) is 8.86. The molecular weight excluding hydrogens is 368 g/mol. The molecule has 1 amide bonds. The summed E-state index contributed by atoms with van der Waals surface area (Å²) < 4.78 is 2.29. The third kappa shape index (κ3) is 4.48. The van der Waals surface area contributed by atoms with Crippen LogP contribution < -0.4 is 16.6 Å². The number of aromatic nitrogens is 2. The minimum Gasteiger partial charge on any atom is -0.332 e. The lowest BCUT2D eigenvalue weighted by Gasteiger charge is -2.36. The van der Waals surface area contributed by atoms with Gasteiger partial charge in [-0.25, -0.2) is 4.79 Å². The first-order valence-electron chi connectivity index (χ1n) is 8.86. The molecule has 1 fully saturated rings. The molecule has 1 aliphatic rings. The van der Waals surface area contributed by atoms with Crippen LogP contribution in [-0.4, -0.2) is 39.6 Å². The zero-order valence-electron chi connectivity index (χ0n) is 15.6. The van der Waals surface area contributed by atoms with Gasteiger partial charge < -0.3 is 10.2 Å². The van der Waals surface area contributed by atoms with E-state index in [2.05, 4.69) is 36.5 Å². The quantitative estimate of drug-likeness (QED) is 0.831. The lowest BCUT2D eigenvalue weighted by atomic mass is 10.0. The minimum absolute atomic E-state index is 0. The Balaban J connectivity index is 0.00000261. The Morgan fingerprint density at radius 2 is 1.89 bits per heavy atom. The van der Waals surface area contributed by atoms with Crippen molar-refractivity contribution in [3.63, 3.8) is 0 Å². The minimum atomic E-state index is -0.482. The van der Waals surface area contributed by atoms with Crippen LogP contribution in [0.3, 0.4) is 0 Å². The van der Waals surface area contributed by atoms with Crippen molar-refractivity contribution in [1.82, 2.24) is 19.4 Å². The second-order valence-corrected chi connectivity index (χ2v) is 6.53. The number of aryl methyl sites for hydroxylation is 1. The number of carbonyl (C=O) groups is 1. The molecule has 3 rings (SSSR count). The number of carbonyl (C=O) groups excluding carboxylic acids is 1. The van der Waals surface area contributed by atoms with E-state index in [1.807, 2.05) is 4.90 Å². The summed E-state index contributed by atoms with van der Waals surface area (Å²) >= 11 is 0. The van der Waals surface area contributed by atoms with Crippen molar-refractivity contribution in [3.8, 4) is 0 Å². The van der Waals surface area contributed by atoms with Crippen molar-refractivity contribution in [2.24, 2.45) is 7.05 Å². The molecule has 1 saturated heterocycles. The first-order chi connectivity index (χ1) is 12.5. The van der Waals surface area contributed by atoms with E-state index in [9.17, 15) is 14.4 Å². The van der Waals surface area contributed by atoms with Crippen molar-refractivity contribution in [2.45, 2.75) is 25.9 Å². The van der Waals surface area contributed by atoms with E-state index in [0.29, 0.717) is 13.1 Å². The number of nitrogens with zero attached hydrogens (tertiary/aromatic N) is 3. The van der Waals surface area contributed by atoms with Gasteiger partial charge in [0.2, 0.25) is 5.91 Å². The van der Waals surface area contributed by atoms with Crippen LogP contribution in [0, 0.1) is 0 Å². The topological polar surface area (TPSA) is 76.3 Å². The molecule has 1 aliphatic heterocycles. The lowest BCUT2D eigenvalue weighted by molar-refractivity contribution is -0.135. The van der Waals surface area contributed by atoms with Crippen LogP contribution in [0.1, 0.15) is 24.1 Å². The third-order valence-electron chi connectivity index (χ3n) is 4.90. The van der Waals surface area contributed by atoms with Gasteiger partial charge >= 0.3 is 5.69 Å². The number of rotatable bonds is 4. The fourth-order valence-corrected chi connectivity index (χ4v) is 3.25. The summed E-state index contributed by atoms with van der Waals surface area (Å²) in [5.74, 6) is -0.128. The second-order valence-electron chi connectivity index (χ2n) is 6.53. The summed E-state index contributed by atoms with van der Waals surface area (Å²) in [5, 5.41) is 3.33. The van der Waals surface area contributed by atoms with Gasteiger partial charge in [0, 0.05) is 38.9 Å². The fraction of sp³-hybridized carbons (Fsp3) is 0.421. The highest BCUT2D eigenvalue weighted by atomic mass is 35.5. The summed E-state index contributed by atoms with van der Waals surface area (Å²) in [5.41, 5.74) is 1.47. The Kier molecular flexibility index (Phi) is 6.98. The van der Waals surface area contributed by atoms with Crippen LogP contribution in [0.25, 0.3) is 0 Å². The molecule has 1 unspecified atom stereocenters. The Bertz CT molecular complexity index is 904. The van der Waals surface area contributed by atoms with Gasteiger partial charge in [-0.2, -0.15) is 0 Å². The third-order valence-corrected chi connectivity index (χ3v) is 4.90. The number of nitrogens with one attached hydrogen (secondary N) is 1. The van der Waals surface area contributed by atoms with Crippen LogP contribution >= 0.6 is 12.4 Å². The van der Waals surface area contributed by atoms with Crippen molar-refractivity contribution in [3.05, 3.63) is 68.5 Å². The summed E-state index contributed by atoms with van der Waals surface area (Å²) in [7, 11) is 1.41. The van der Waals surface area contributed by atoms with Crippen LogP contribution in [-0.2, 0) is 24.8 Å². The highest BCUT2D eigenvalue weighted by Crippen LogP contribution is 2.23. The molecule has 7 nitrogen and oxygen atoms in total. The molecule has 0 aliphatic carbocycles. The van der Waals surface area contributed by atoms with Gasteiger partial charge in [0.1, 0.15) is 6.54 Å². The monoisotopic (exact) mass is 392 g/mol. The Morgan fingerprint density at radius 1 is 1.19 bits per heavy atom. The molecule has 2 heterocycles. The molecule has 1 aromatic carbocycles. The van der Waals surface area contributed by atoms with E-state index in [-0.39, 0.29) is 36.5 Å². The van der Waals surface area contributed by atoms with Crippen molar-refractivity contribution in [2.75, 3.05) is 19.6 Å². The van der Waals surface area contributed by atoms with E-state index in [1.54, 1.807) is 0 Å². The number of piperazine rings is 1. The summed E-state index contributed by atoms with van der Waals surface area (Å²) in [6, 6.07) is 9.54. The number of halogens is 1. The van der Waals surface area contributed by atoms with Gasteiger partial charge in [-0.05, 0) is 17.5 Å². The molecule has 0 bridgehead atoms. The van der Waals surface area contributed by atoms with E-state index >= 15 is 0 Å². The summed E-state index contributed by atoms with van der Waals surface area (Å²) in [6.07, 6.45) is 2.36. The lowest BCUT2D eigenvalue weighted by Crippen LogP contribution is -2.50. The van der Waals surface area contributed by atoms with Crippen molar-refractivity contribution in [1.29, 1.82) is 0 Å². The zero-order valence-corrected chi connectivity index (χ0v) is 16.4. The maximum Gasteiger partial charge on any atom is 0.331 e. The molecule has 2 aromatic rings. The van der Waals surface area contributed by atoms with Gasteiger partial charge in [-0.1, -0.05) is 31.2 Å². The highest BCUT2D eigenvalue weighted by molar-refractivity contribution is 5.85. The molecule has 27 heavy (non-hydrogen) atoms. The predicted octanol–water partition coefficient (Wildman–Crippen LogP) is 0.704. The van der Waals surface area contributed by atoms with Gasteiger partial charge in [-0.3, -0.25) is 18.7 Å². The van der Waals surface area contributed by atoms with Gasteiger partial charge in [0.25, 0.3) is 5.56 Å². The van der Waals surface area contributed by atoms with E-state index in [1.165, 1.54) is 29.4 Å². The molecule has 0 radical (unpaired) electrons. The molecule has 0 saturated carbocycles. The normalized spacial score (nSPS) is 16.7. The van der Waals surface area contributed by atoms with Crippen molar-refractivity contribution < 1.29 is 4.79 Å². The molecule has 0 spiro atoms. The predicted molar refractivity (Wildman–Crippen MR) is 106 cm³/mol. The van der Waals surface area contributed by atoms with Crippen LogP contribution in [0.5, 0.6) is 0 Å². The molecule has 146 valence electrons. The Morgan fingerprint density at radius 3 is 2.56 bits per heavy atom. The van der Waals surface area contributed by atoms with Gasteiger partial charge in [-0.15, -0.1) is 12.4 Å². The largest absolute Gasteiger partial charge is 0.332 e. The molecule has 1 aromatic heterocycles. The highest BCUT2D eigenvalue weighted by Gasteiger charge is 2.28. The average Bonchev–Trinajstić information content (AvgIpc) is 2.68. The standard InChI is InChI=1S/C19H24N4O3.ClH/c1-3-14-4-6-15(7-5-14)16-12-20-9-11-23(16)18(25)13-22-10-8-17(24)21(2)19(22)26;/h4-8,10,16,20H,3,9,11-13H2,1-2H3;1H. The molecular formula is C19H25ClN4O3. The first kappa shape index (κ1) is 20.9. The maximum atomic E-state index is 12.9. The zero-order chi connectivity index (χ0) is 18.7. The van der Waals surface area contributed by atoms with E-state index in [4.69, 9.17) is 0 Å². The summed E-state index contributed by atoms with van der Waals surface area (Å²) in [4.78, 5) is 38.4. The number of hydrogen-bond acceptors (Lipinski definition) is 4. The second kappa shape index (κ2) is 9.01. The van der Waals surface area contributed by atoms with Crippen molar-refractivity contribution >= 4 is 18.3 Å². The Labute approximate surface area is 164 Å². The maximum absolute atomic E-state index is 12.9. The van der Waals surface area contributed by atoms with Crippen LogP contribution in [0.2, 0.25) is 0 Å². The molecule has 1 N–H and O–H groups in total. The van der Waals surface area contributed by atoms with E-state index < -0.39 is 5.69 Å². The summed E-state index contributed by atoms with van der Waals surface area (Å²) in [6.45, 7) is 4.02. The Hall–Kier alpha value is -2.38. The molecule has 1 atom stereocenters. The van der Waals surface area contributed by atoms with Crippen LogP contribution in [0.15, 0.2) is 46.1 Å². The van der Waals surface area contributed by atoms with Gasteiger partial charge in [0.05, 0.1) is 6.04 Å². The average molecular weight is 393 g/mol. The smallest absolute Gasteiger partial charge is 0.331 e. The SMILES string of the molecule is CCc1ccc(C2CNCCN2C(=O)Cn2ccc(=O)n(C)c2=O)cc1.Cl. The van der Waals surface area contributed by atoms with E-state index in [0.717, 1.165) is 23.1 Å². The van der Waals surface area contributed by atoms with Crippen LogP contribution in [0.4, 0.5) is 0 Å². The number of benzene rings is 1.